The topological polar surface area (TPSA) is 104 Å². The number of hydrogen-bond acceptors (Lipinski definition) is 4. The molecule has 1 aliphatic carbocycles. The Morgan fingerprint density at radius 2 is 2.14 bits per heavy atom. The van der Waals surface area contributed by atoms with Gasteiger partial charge in [-0.3, -0.25) is 4.79 Å². The van der Waals surface area contributed by atoms with Gasteiger partial charge in [0.15, 0.2) is 0 Å². The lowest BCUT2D eigenvalue weighted by Gasteiger charge is -2.35. The lowest BCUT2D eigenvalue weighted by Crippen LogP contribution is -2.47. The number of nitrogens with one attached hydrogen (secondary N) is 2. The Balaban J connectivity index is 1.81. The van der Waals surface area contributed by atoms with Gasteiger partial charge in [0.05, 0.1) is 12.0 Å². The molecule has 1 heterocycles. The van der Waals surface area contributed by atoms with Gasteiger partial charge < -0.3 is 20.3 Å². The zero-order chi connectivity index (χ0) is 15.3. The fraction of sp³-hybridized carbons (Fsp3) is 0.643. The molecule has 0 aliphatic heterocycles. The van der Waals surface area contributed by atoms with Crippen molar-refractivity contribution in [2.24, 2.45) is 11.3 Å². The van der Waals surface area contributed by atoms with E-state index < -0.39 is 17.4 Å². The van der Waals surface area contributed by atoms with Gasteiger partial charge in [-0.05, 0) is 31.6 Å². The molecule has 116 valence electrons. The van der Waals surface area contributed by atoms with Crippen LogP contribution in [-0.2, 0) is 11.3 Å². The maximum Gasteiger partial charge on any atom is 0.315 e. The maximum absolute atomic E-state index is 11.7. The summed E-state index contributed by atoms with van der Waals surface area (Å²) < 4.78 is 4.66. The molecule has 7 heteroatoms. The van der Waals surface area contributed by atoms with E-state index in [1.807, 2.05) is 0 Å². The number of carbonyl (C=O) groups excluding carboxylic acids is 1. The Labute approximate surface area is 123 Å². The van der Waals surface area contributed by atoms with Gasteiger partial charge in [0, 0.05) is 12.6 Å². The number of carboxylic acids is 1. The van der Waals surface area contributed by atoms with Crippen molar-refractivity contribution >= 4 is 12.0 Å². The Morgan fingerprint density at radius 1 is 1.43 bits per heavy atom. The number of aliphatic carboxylic acids is 1. The van der Waals surface area contributed by atoms with Crippen LogP contribution < -0.4 is 10.6 Å². The van der Waals surface area contributed by atoms with Gasteiger partial charge in [-0.1, -0.05) is 12.1 Å². The second-order valence-electron chi connectivity index (χ2n) is 5.80. The van der Waals surface area contributed by atoms with Crippen molar-refractivity contribution in [2.45, 2.75) is 39.2 Å². The van der Waals surface area contributed by atoms with E-state index in [0.717, 1.165) is 12.8 Å². The molecular formula is C14H21N3O4. The SMILES string of the molecule is CC1CCC(CNC(=O)NCc2ccon2)(C(=O)O)CC1. The molecule has 2 rings (SSSR count). The van der Waals surface area contributed by atoms with Crippen molar-refractivity contribution in [3.8, 4) is 0 Å². The smallest absolute Gasteiger partial charge is 0.315 e. The summed E-state index contributed by atoms with van der Waals surface area (Å²) in [6, 6.07) is 1.26. The van der Waals surface area contributed by atoms with Gasteiger partial charge in [-0.2, -0.15) is 0 Å². The normalized spacial score (nSPS) is 25.3. The van der Waals surface area contributed by atoms with E-state index in [4.69, 9.17) is 0 Å². The summed E-state index contributed by atoms with van der Waals surface area (Å²) in [6.07, 6.45) is 4.40. The van der Waals surface area contributed by atoms with Crippen molar-refractivity contribution in [2.75, 3.05) is 6.54 Å². The highest BCUT2D eigenvalue weighted by molar-refractivity contribution is 5.78. The second-order valence-corrected chi connectivity index (χ2v) is 5.80. The minimum absolute atomic E-state index is 0.152. The van der Waals surface area contributed by atoms with Gasteiger partial charge in [-0.25, -0.2) is 4.79 Å². The third kappa shape index (κ3) is 3.96. The molecule has 21 heavy (non-hydrogen) atoms. The fourth-order valence-electron chi connectivity index (χ4n) is 2.59. The van der Waals surface area contributed by atoms with E-state index in [1.54, 1.807) is 6.07 Å². The van der Waals surface area contributed by atoms with Crippen LogP contribution in [0.25, 0.3) is 0 Å². The quantitative estimate of drug-likeness (QED) is 0.767. The van der Waals surface area contributed by atoms with Crippen molar-refractivity contribution in [3.05, 3.63) is 18.0 Å². The highest BCUT2D eigenvalue weighted by Gasteiger charge is 2.41. The summed E-state index contributed by atoms with van der Waals surface area (Å²) in [5.41, 5.74) is -0.220. The molecule has 1 saturated carbocycles. The predicted octanol–water partition coefficient (Wildman–Crippen LogP) is 1.75. The lowest BCUT2D eigenvalue weighted by molar-refractivity contribution is -0.151. The van der Waals surface area contributed by atoms with E-state index in [-0.39, 0.29) is 13.1 Å². The molecule has 3 N–H and O–H groups in total. The Hall–Kier alpha value is -2.05. The van der Waals surface area contributed by atoms with Crippen LogP contribution in [-0.4, -0.2) is 28.8 Å². The summed E-state index contributed by atoms with van der Waals surface area (Å²) in [5, 5.41) is 18.4. The maximum atomic E-state index is 11.7. The average Bonchev–Trinajstić information content (AvgIpc) is 2.98. The van der Waals surface area contributed by atoms with E-state index in [2.05, 4.69) is 27.2 Å². The molecule has 0 saturated heterocycles. The van der Waals surface area contributed by atoms with Crippen molar-refractivity contribution in [3.63, 3.8) is 0 Å². The molecular weight excluding hydrogens is 274 g/mol. The van der Waals surface area contributed by atoms with Crippen molar-refractivity contribution < 1.29 is 19.2 Å². The molecule has 0 bridgehead atoms. The van der Waals surface area contributed by atoms with Gasteiger partial charge in [0.25, 0.3) is 0 Å². The highest BCUT2D eigenvalue weighted by Crippen LogP contribution is 2.38. The zero-order valence-corrected chi connectivity index (χ0v) is 12.1. The monoisotopic (exact) mass is 295 g/mol. The Morgan fingerprint density at radius 3 is 2.71 bits per heavy atom. The van der Waals surface area contributed by atoms with E-state index in [0.29, 0.717) is 24.5 Å². The molecule has 1 aromatic heterocycles. The molecule has 1 aliphatic rings. The lowest BCUT2D eigenvalue weighted by atomic mass is 9.71. The summed E-state index contributed by atoms with van der Waals surface area (Å²) in [5.74, 6) is -0.273. The summed E-state index contributed by atoms with van der Waals surface area (Å²) in [7, 11) is 0. The second kappa shape index (κ2) is 6.60. The predicted molar refractivity (Wildman–Crippen MR) is 74.4 cm³/mol. The van der Waals surface area contributed by atoms with Gasteiger partial charge >= 0.3 is 12.0 Å². The third-order valence-corrected chi connectivity index (χ3v) is 4.19. The number of urea groups is 1. The minimum atomic E-state index is -0.836. The molecule has 0 atom stereocenters. The average molecular weight is 295 g/mol. The first-order valence-corrected chi connectivity index (χ1v) is 7.16. The summed E-state index contributed by atoms with van der Waals surface area (Å²) in [4.78, 5) is 23.3. The Kier molecular flexibility index (Phi) is 4.82. The first-order valence-electron chi connectivity index (χ1n) is 7.16. The molecule has 0 unspecified atom stereocenters. The number of nitrogens with zero attached hydrogens (tertiary/aromatic N) is 1. The van der Waals surface area contributed by atoms with Gasteiger partial charge in [0.2, 0.25) is 0 Å². The highest BCUT2D eigenvalue weighted by atomic mass is 16.5. The standard InChI is InChI=1S/C14H21N3O4/c1-10-2-5-14(6-3-10,12(18)19)9-16-13(20)15-8-11-4-7-21-17-11/h4,7,10H,2-3,5-6,8-9H2,1H3,(H,18,19)(H2,15,16,20). The number of aromatic nitrogens is 1. The van der Waals surface area contributed by atoms with Crippen LogP contribution in [0.3, 0.4) is 0 Å². The Bertz CT molecular complexity index is 478. The molecule has 0 aromatic carbocycles. The van der Waals surface area contributed by atoms with E-state index >= 15 is 0 Å². The largest absolute Gasteiger partial charge is 0.481 e. The molecule has 1 aromatic rings. The summed E-state index contributed by atoms with van der Waals surface area (Å²) >= 11 is 0. The number of rotatable bonds is 5. The van der Waals surface area contributed by atoms with Crippen LogP contribution in [0.4, 0.5) is 4.79 Å². The van der Waals surface area contributed by atoms with Gasteiger partial charge in [-0.15, -0.1) is 0 Å². The number of hydrogen-bond donors (Lipinski definition) is 3. The van der Waals surface area contributed by atoms with Crippen LogP contribution in [0.15, 0.2) is 16.9 Å². The first kappa shape index (κ1) is 15.3. The van der Waals surface area contributed by atoms with E-state index in [1.165, 1.54) is 6.26 Å². The summed E-state index contributed by atoms with van der Waals surface area (Å²) in [6.45, 7) is 2.53. The van der Waals surface area contributed by atoms with Crippen molar-refractivity contribution in [1.29, 1.82) is 0 Å². The third-order valence-electron chi connectivity index (χ3n) is 4.19. The van der Waals surface area contributed by atoms with Crippen LogP contribution >= 0.6 is 0 Å². The van der Waals surface area contributed by atoms with Crippen molar-refractivity contribution in [1.82, 2.24) is 15.8 Å². The first-order chi connectivity index (χ1) is 10.0. The number of carboxylic acid groups (broad SMARTS) is 1. The zero-order valence-electron chi connectivity index (χ0n) is 12.1. The van der Waals surface area contributed by atoms with Crippen LogP contribution in [0, 0.1) is 11.3 Å². The van der Waals surface area contributed by atoms with Crippen LogP contribution in [0.2, 0.25) is 0 Å². The molecule has 0 radical (unpaired) electrons. The molecule has 0 spiro atoms. The van der Waals surface area contributed by atoms with Crippen LogP contribution in [0.1, 0.15) is 38.3 Å². The molecule has 7 nitrogen and oxygen atoms in total. The van der Waals surface area contributed by atoms with Gasteiger partial charge in [0.1, 0.15) is 12.0 Å². The molecule has 2 amide bonds. The fourth-order valence-corrected chi connectivity index (χ4v) is 2.59. The number of amides is 2. The minimum Gasteiger partial charge on any atom is -0.481 e. The van der Waals surface area contributed by atoms with E-state index in [9.17, 15) is 14.7 Å². The van der Waals surface area contributed by atoms with Crippen LogP contribution in [0.5, 0.6) is 0 Å². The molecule has 1 fully saturated rings. The number of carbonyl (C=O) groups is 2.